The minimum absolute atomic E-state index is 0.235. The average molecular weight is 257 g/mol. The lowest BCUT2D eigenvalue weighted by Gasteiger charge is -2.23. The molecule has 1 saturated heterocycles. The first-order valence-electron chi connectivity index (χ1n) is 6.57. The molecule has 1 aromatic heterocycles. The Morgan fingerprint density at radius 2 is 1.74 bits per heavy atom. The van der Waals surface area contributed by atoms with Crippen LogP contribution in [0.1, 0.15) is 24.6 Å². The molecule has 0 bridgehead atoms. The van der Waals surface area contributed by atoms with E-state index in [0.29, 0.717) is 12.0 Å². The number of hydrogen-bond acceptors (Lipinski definition) is 3. The van der Waals surface area contributed by atoms with E-state index in [1.807, 2.05) is 12.1 Å². The first-order valence-corrected chi connectivity index (χ1v) is 6.57. The molecule has 100 valence electrons. The third-order valence-electron chi connectivity index (χ3n) is 3.79. The minimum atomic E-state index is 0.235. The van der Waals surface area contributed by atoms with Crippen LogP contribution in [-0.4, -0.2) is 17.7 Å². The van der Waals surface area contributed by atoms with Crippen LogP contribution in [0.2, 0.25) is 0 Å². The number of ether oxygens (including phenoxy) is 1. The quantitative estimate of drug-likeness (QED) is 0.886. The standard InChI is InChI=1S/C15H19N3O/c1-11-14(12-5-7-13(19-2)8-6-12)15(17-16-11)18-9-3-4-10-18/h3-11,14-17H,1-2H3. The van der Waals surface area contributed by atoms with Gasteiger partial charge in [-0.15, -0.1) is 0 Å². The second-order valence-corrected chi connectivity index (χ2v) is 4.95. The van der Waals surface area contributed by atoms with Crippen molar-refractivity contribution in [2.24, 2.45) is 0 Å². The maximum atomic E-state index is 5.22. The molecule has 0 saturated carbocycles. The van der Waals surface area contributed by atoms with Crippen molar-refractivity contribution in [3.05, 3.63) is 54.4 Å². The molecular formula is C15H19N3O. The molecule has 0 radical (unpaired) electrons. The van der Waals surface area contributed by atoms with Gasteiger partial charge in [0.05, 0.1) is 7.11 Å². The average Bonchev–Trinajstić information content (AvgIpc) is 3.08. The van der Waals surface area contributed by atoms with Gasteiger partial charge in [-0.1, -0.05) is 12.1 Å². The molecule has 0 amide bonds. The van der Waals surface area contributed by atoms with Gasteiger partial charge in [-0.3, -0.25) is 5.43 Å². The monoisotopic (exact) mass is 257 g/mol. The predicted molar refractivity (Wildman–Crippen MR) is 74.9 cm³/mol. The highest BCUT2D eigenvalue weighted by atomic mass is 16.5. The van der Waals surface area contributed by atoms with Gasteiger partial charge >= 0.3 is 0 Å². The van der Waals surface area contributed by atoms with E-state index in [-0.39, 0.29) is 6.17 Å². The highest BCUT2D eigenvalue weighted by Gasteiger charge is 2.34. The summed E-state index contributed by atoms with van der Waals surface area (Å²) in [5.74, 6) is 1.28. The van der Waals surface area contributed by atoms with Crippen molar-refractivity contribution in [3.63, 3.8) is 0 Å². The Morgan fingerprint density at radius 1 is 1.05 bits per heavy atom. The number of nitrogens with zero attached hydrogens (tertiary/aromatic N) is 1. The maximum absolute atomic E-state index is 5.22. The predicted octanol–water partition coefficient (Wildman–Crippen LogP) is 2.28. The zero-order valence-electron chi connectivity index (χ0n) is 11.2. The number of methoxy groups -OCH3 is 1. The van der Waals surface area contributed by atoms with E-state index in [4.69, 9.17) is 4.74 Å². The topological polar surface area (TPSA) is 38.2 Å². The lowest BCUT2D eigenvalue weighted by atomic mass is 9.91. The number of nitrogens with one attached hydrogen (secondary N) is 2. The van der Waals surface area contributed by atoms with Crippen LogP contribution in [0.5, 0.6) is 5.75 Å². The van der Waals surface area contributed by atoms with Gasteiger partial charge in [0.1, 0.15) is 11.9 Å². The van der Waals surface area contributed by atoms with E-state index in [2.05, 4.69) is 59.0 Å². The van der Waals surface area contributed by atoms with E-state index in [1.54, 1.807) is 7.11 Å². The molecule has 3 unspecified atom stereocenters. The molecule has 3 atom stereocenters. The molecule has 0 aliphatic carbocycles. The Hall–Kier alpha value is -1.78. The molecule has 1 aliphatic heterocycles. The molecule has 2 heterocycles. The SMILES string of the molecule is COc1ccc(C2C(C)NNC2n2cccc2)cc1. The van der Waals surface area contributed by atoms with Crippen LogP contribution < -0.4 is 15.6 Å². The van der Waals surface area contributed by atoms with Crippen LogP contribution in [0.4, 0.5) is 0 Å². The summed E-state index contributed by atoms with van der Waals surface area (Å²) < 4.78 is 7.42. The fourth-order valence-electron chi connectivity index (χ4n) is 2.76. The fraction of sp³-hybridized carbons (Fsp3) is 0.333. The zero-order valence-corrected chi connectivity index (χ0v) is 11.2. The van der Waals surface area contributed by atoms with Gasteiger partial charge in [-0.05, 0) is 36.8 Å². The highest BCUT2D eigenvalue weighted by molar-refractivity contribution is 5.31. The number of hydrazine groups is 1. The molecule has 4 nitrogen and oxygen atoms in total. The van der Waals surface area contributed by atoms with Crippen molar-refractivity contribution >= 4 is 0 Å². The van der Waals surface area contributed by atoms with Gasteiger partial charge in [0.25, 0.3) is 0 Å². The highest BCUT2D eigenvalue weighted by Crippen LogP contribution is 2.34. The largest absolute Gasteiger partial charge is 0.497 e. The first kappa shape index (κ1) is 12.3. The second kappa shape index (κ2) is 5.07. The number of hydrogen-bond donors (Lipinski definition) is 2. The molecule has 0 spiro atoms. The minimum Gasteiger partial charge on any atom is -0.497 e. The van der Waals surface area contributed by atoms with E-state index >= 15 is 0 Å². The molecule has 1 aromatic carbocycles. The van der Waals surface area contributed by atoms with Crippen molar-refractivity contribution in [1.29, 1.82) is 0 Å². The normalized spacial score (nSPS) is 26.5. The van der Waals surface area contributed by atoms with Crippen LogP contribution in [0.3, 0.4) is 0 Å². The van der Waals surface area contributed by atoms with Crippen LogP contribution in [0.15, 0.2) is 48.8 Å². The number of rotatable bonds is 3. The Kier molecular flexibility index (Phi) is 3.27. The van der Waals surface area contributed by atoms with Crippen molar-refractivity contribution in [1.82, 2.24) is 15.4 Å². The summed E-state index contributed by atoms with van der Waals surface area (Å²) in [5.41, 5.74) is 8.01. The van der Waals surface area contributed by atoms with E-state index < -0.39 is 0 Å². The summed E-state index contributed by atoms with van der Waals surface area (Å²) in [6.45, 7) is 2.20. The molecule has 3 rings (SSSR count). The van der Waals surface area contributed by atoms with Crippen LogP contribution in [0.25, 0.3) is 0 Å². The van der Waals surface area contributed by atoms with Crippen molar-refractivity contribution in [2.45, 2.75) is 25.0 Å². The smallest absolute Gasteiger partial charge is 0.118 e. The van der Waals surface area contributed by atoms with Crippen LogP contribution in [0, 0.1) is 0 Å². The van der Waals surface area contributed by atoms with Gasteiger partial charge < -0.3 is 9.30 Å². The summed E-state index contributed by atoms with van der Waals surface area (Å²) in [6, 6.07) is 12.8. The lowest BCUT2D eigenvalue weighted by Crippen LogP contribution is -2.30. The summed E-state index contributed by atoms with van der Waals surface area (Å²) >= 11 is 0. The third-order valence-corrected chi connectivity index (χ3v) is 3.79. The van der Waals surface area contributed by atoms with E-state index in [1.165, 1.54) is 5.56 Å². The Morgan fingerprint density at radius 3 is 2.37 bits per heavy atom. The Balaban J connectivity index is 1.91. The Labute approximate surface area is 113 Å². The molecule has 1 aliphatic rings. The Bertz CT molecular complexity index is 521. The number of aromatic nitrogens is 1. The molecule has 2 aromatic rings. The van der Waals surface area contributed by atoms with Crippen LogP contribution >= 0.6 is 0 Å². The van der Waals surface area contributed by atoms with Gasteiger partial charge in [-0.25, -0.2) is 5.43 Å². The summed E-state index contributed by atoms with van der Waals surface area (Å²) in [7, 11) is 1.69. The molecule has 2 N–H and O–H groups in total. The van der Waals surface area contributed by atoms with Crippen molar-refractivity contribution in [3.8, 4) is 5.75 Å². The molecular weight excluding hydrogens is 238 g/mol. The molecule has 19 heavy (non-hydrogen) atoms. The summed E-state index contributed by atoms with van der Waals surface area (Å²) in [4.78, 5) is 0. The van der Waals surface area contributed by atoms with Gasteiger partial charge in [0.15, 0.2) is 0 Å². The summed E-state index contributed by atoms with van der Waals surface area (Å²) in [5, 5.41) is 0. The van der Waals surface area contributed by atoms with Gasteiger partial charge in [0.2, 0.25) is 0 Å². The van der Waals surface area contributed by atoms with Gasteiger partial charge in [0, 0.05) is 24.4 Å². The second-order valence-electron chi connectivity index (χ2n) is 4.95. The maximum Gasteiger partial charge on any atom is 0.118 e. The lowest BCUT2D eigenvalue weighted by molar-refractivity contribution is 0.406. The zero-order chi connectivity index (χ0) is 13.2. The van der Waals surface area contributed by atoms with Gasteiger partial charge in [-0.2, -0.15) is 0 Å². The molecule has 1 fully saturated rings. The van der Waals surface area contributed by atoms with E-state index in [9.17, 15) is 0 Å². The van der Waals surface area contributed by atoms with E-state index in [0.717, 1.165) is 5.75 Å². The fourth-order valence-corrected chi connectivity index (χ4v) is 2.76. The van der Waals surface area contributed by atoms with Crippen molar-refractivity contribution < 1.29 is 4.74 Å². The first-order chi connectivity index (χ1) is 9.29. The molecule has 4 heteroatoms. The van der Waals surface area contributed by atoms with Crippen LogP contribution in [-0.2, 0) is 0 Å². The number of benzene rings is 1. The van der Waals surface area contributed by atoms with Crippen molar-refractivity contribution in [2.75, 3.05) is 7.11 Å². The summed E-state index contributed by atoms with van der Waals surface area (Å²) in [6.07, 6.45) is 4.42. The third kappa shape index (κ3) is 2.25.